The highest BCUT2D eigenvalue weighted by Gasteiger charge is 2.20. The molecule has 0 radical (unpaired) electrons. The van der Waals surface area contributed by atoms with Gasteiger partial charge in [-0.25, -0.2) is 4.68 Å². The second-order valence-corrected chi connectivity index (χ2v) is 5.31. The summed E-state index contributed by atoms with van der Waals surface area (Å²) in [5.41, 5.74) is 3.13. The third-order valence-corrected chi connectivity index (χ3v) is 3.61. The molecule has 2 heterocycles. The maximum atomic E-state index is 5.61. The fourth-order valence-corrected chi connectivity index (χ4v) is 2.33. The van der Waals surface area contributed by atoms with Crippen molar-refractivity contribution in [1.29, 1.82) is 0 Å². The largest absolute Gasteiger partial charge is 0.467 e. The molecule has 1 aliphatic rings. The molecular weight excluding hydrogens is 252 g/mol. The van der Waals surface area contributed by atoms with Crippen LogP contribution in [0.3, 0.4) is 0 Å². The summed E-state index contributed by atoms with van der Waals surface area (Å²) in [4.78, 5) is 0. The number of benzene rings is 1. The van der Waals surface area contributed by atoms with Crippen molar-refractivity contribution < 1.29 is 4.42 Å². The summed E-state index contributed by atoms with van der Waals surface area (Å²) in [5.74, 6) is 0.910. The maximum Gasteiger partial charge on any atom is 0.125 e. The molecule has 0 saturated heterocycles. The Morgan fingerprint density at radius 3 is 3.10 bits per heavy atom. The molecule has 1 aliphatic carbocycles. The van der Waals surface area contributed by atoms with Crippen molar-refractivity contribution in [3.05, 3.63) is 47.9 Å². The Morgan fingerprint density at radius 1 is 1.30 bits per heavy atom. The minimum atomic E-state index is 0.615. The van der Waals surface area contributed by atoms with Gasteiger partial charge in [-0.05, 0) is 31.0 Å². The van der Waals surface area contributed by atoms with E-state index in [-0.39, 0.29) is 0 Å². The van der Waals surface area contributed by atoms with Gasteiger partial charge in [0.15, 0.2) is 0 Å². The number of nitrogens with zero attached hydrogens (tertiary/aromatic N) is 3. The predicted octanol–water partition coefficient (Wildman–Crippen LogP) is 2.32. The van der Waals surface area contributed by atoms with Gasteiger partial charge < -0.3 is 9.73 Å². The molecule has 5 nitrogen and oxygen atoms in total. The lowest BCUT2D eigenvalue weighted by Gasteiger charge is -1.98. The van der Waals surface area contributed by atoms with Crippen LogP contribution in [0, 0.1) is 0 Å². The Labute approximate surface area is 116 Å². The van der Waals surface area contributed by atoms with Crippen LogP contribution in [0.15, 0.2) is 41.0 Å². The first-order valence-corrected chi connectivity index (χ1v) is 6.96. The van der Waals surface area contributed by atoms with Crippen molar-refractivity contribution in [2.45, 2.75) is 32.0 Å². The smallest absolute Gasteiger partial charge is 0.125 e. The van der Waals surface area contributed by atoms with Gasteiger partial charge in [0, 0.05) is 18.2 Å². The summed E-state index contributed by atoms with van der Waals surface area (Å²) >= 11 is 0. The van der Waals surface area contributed by atoms with Crippen molar-refractivity contribution in [3.63, 3.8) is 0 Å². The van der Waals surface area contributed by atoms with Gasteiger partial charge >= 0.3 is 0 Å². The van der Waals surface area contributed by atoms with Crippen LogP contribution in [0.2, 0.25) is 0 Å². The van der Waals surface area contributed by atoms with Crippen LogP contribution >= 0.6 is 0 Å². The topological polar surface area (TPSA) is 55.9 Å². The van der Waals surface area contributed by atoms with Crippen LogP contribution < -0.4 is 5.32 Å². The van der Waals surface area contributed by atoms with Crippen LogP contribution in [-0.2, 0) is 13.1 Å². The molecule has 20 heavy (non-hydrogen) atoms. The van der Waals surface area contributed by atoms with Crippen LogP contribution in [-0.4, -0.2) is 21.0 Å². The van der Waals surface area contributed by atoms with Crippen LogP contribution in [0.25, 0.3) is 11.0 Å². The number of hydrogen-bond donors (Lipinski definition) is 1. The van der Waals surface area contributed by atoms with E-state index in [2.05, 4.69) is 21.7 Å². The molecular formula is C15H16N4O. The van der Waals surface area contributed by atoms with Gasteiger partial charge in [-0.3, -0.25) is 0 Å². The summed E-state index contributed by atoms with van der Waals surface area (Å²) < 4.78 is 7.48. The lowest BCUT2D eigenvalue weighted by Crippen LogP contribution is -2.14. The zero-order chi connectivity index (χ0) is 13.4. The molecule has 0 spiro atoms. The lowest BCUT2D eigenvalue weighted by atomic mass is 10.3. The van der Waals surface area contributed by atoms with Crippen molar-refractivity contribution in [3.8, 4) is 0 Å². The number of rotatable bonds is 5. The zero-order valence-corrected chi connectivity index (χ0v) is 11.1. The van der Waals surface area contributed by atoms with Crippen LogP contribution in [0.4, 0.5) is 0 Å². The first kappa shape index (κ1) is 11.7. The van der Waals surface area contributed by atoms with Crippen molar-refractivity contribution >= 4 is 11.0 Å². The van der Waals surface area contributed by atoms with Gasteiger partial charge in [-0.1, -0.05) is 17.3 Å². The van der Waals surface area contributed by atoms with E-state index in [4.69, 9.17) is 4.42 Å². The average Bonchev–Trinajstić information content (AvgIpc) is 3.06. The highest BCUT2D eigenvalue weighted by atomic mass is 16.3. The molecule has 3 aromatic rings. The summed E-state index contributed by atoms with van der Waals surface area (Å²) in [6.45, 7) is 1.50. The standard InChI is InChI=1S/C15H16N4O/c1-2-4-15-14(3-1)17-18-19(15)9-13-7-11(10-20-13)8-16-12-5-6-12/h1-4,7,10,12,16H,5-6,8-9H2. The molecule has 0 atom stereocenters. The van der Waals surface area contributed by atoms with Gasteiger partial charge in [-0.15, -0.1) is 5.10 Å². The van der Waals surface area contributed by atoms with E-state index in [1.165, 1.54) is 18.4 Å². The molecule has 4 rings (SSSR count). The fraction of sp³-hybridized carbons (Fsp3) is 0.333. The summed E-state index contributed by atoms with van der Waals surface area (Å²) in [6.07, 6.45) is 4.43. The van der Waals surface area contributed by atoms with Crippen molar-refractivity contribution in [2.24, 2.45) is 0 Å². The molecule has 5 heteroatoms. The number of fused-ring (bicyclic) bond motifs is 1. The third-order valence-electron chi connectivity index (χ3n) is 3.61. The molecule has 1 aromatic carbocycles. The van der Waals surface area contributed by atoms with Gasteiger partial charge in [0.2, 0.25) is 0 Å². The Hall–Kier alpha value is -2.14. The molecule has 0 bridgehead atoms. The second kappa shape index (κ2) is 4.76. The van der Waals surface area contributed by atoms with E-state index < -0.39 is 0 Å². The Morgan fingerprint density at radius 2 is 2.20 bits per heavy atom. The molecule has 102 valence electrons. The SMILES string of the molecule is c1ccc2c(c1)nnn2Cc1cc(CNC2CC2)co1. The molecule has 2 aromatic heterocycles. The zero-order valence-electron chi connectivity index (χ0n) is 11.1. The summed E-state index contributed by atoms with van der Waals surface area (Å²) in [7, 11) is 0. The Bertz CT molecular complexity index is 726. The average molecular weight is 268 g/mol. The molecule has 1 saturated carbocycles. The third kappa shape index (κ3) is 2.32. The number of nitrogens with one attached hydrogen (secondary N) is 1. The first-order valence-electron chi connectivity index (χ1n) is 6.96. The predicted molar refractivity (Wildman–Crippen MR) is 75.2 cm³/mol. The quantitative estimate of drug-likeness (QED) is 0.771. The number of furan rings is 1. The van der Waals surface area contributed by atoms with Gasteiger partial charge in [0.1, 0.15) is 17.8 Å². The van der Waals surface area contributed by atoms with E-state index in [1.807, 2.05) is 35.2 Å². The molecule has 0 amide bonds. The Kier molecular flexibility index (Phi) is 2.77. The van der Waals surface area contributed by atoms with Gasteiger partial charge in [-0.2, -0.15) is 0 Å². The number of hydrogen-bond acceptors (Lipinski definition) is 4. The maximum absolute atomic E-state index is 5.61. The Balaban J connectivity index is 1.50. The number of para-hydroxylation sites is 1. The fourth-order valence-electron chi connectivity index (χ4n) is 2.33. The van der Waals surface area contributed by atoms with Crippen molar-refractivity contribution in [2.75, 3.05) is 0 Å². The minimum Gasteiger partial charge on any atom is -0.467 e. The monoisotopic (exact) mass is 268 g/mol. The van der Waals surface area contributed by atoms with E-state index in [0.29, 0.717) is 12.6 Å². The van der Waals surface area contributed by atoms with E-state index in [0.717, 1.165) is 23.3 Å². The second-order valence-electron chi connectivity index (χ2n) is 5.31. The lowest BCUT2D eigenvalue weighted by molar-refractivity contribution is 0.478. The van der Waals surface area contributed by atoms with E-state index in [9.17, 15) is 0 Å². The van der Waals surface area contributed by atoms with Crippen molar-refractivity contribution in [1.82, 2.24) is 20.3 Å². The van der Waals surface area contributed by atoms with E-state index in [1.54, 1.807) is 0 Å². The molecule has 1 N–H and O–H groups in total. The molecule has 0 aliphatic heterocycles. The minimum absolute atomic E-state index is 0.615. The van der Waals surface area contributed by atoms with E-state index >= 15 is 0 Å². The highest BCUT2D eigenvalue weighted by Crippen LogP contribution is 2.20. The van der Waals surface area contributed by atoms with Gasteiger partial charge in [0.05, 0.1) is 11.8 Å². The van der Waals surface area contributed by atoms with Gasteiger partial charge in [0.25, 0.3) is 0 Å². The highest BCUT2D eigenvalue weighted by molar-refractivity contribution is 5.73. The number of aromatic nitrogens is 3. The van der Waals surface area contributed by atoms with Crippen LogP contribution in [0.1, 0.15) is 24.2 Å². The summed E-state index contributed by atoms with van der Waals surface area (Å²) in [6, 6.07) is 10.8. The first-order chi connectivity index (χ1) is 9.88. The molecule has 0 unspecified atom stereocenters. The summed E-state index contributed by atoms with van der Waals surface area (Å²) in [5, 5.41) is 11.8. The molecule has 1 fully saturated rings. The van der Waals surface area contributed by atoms with Crippen LogP contribution in [0.5, 0.6) is 0 Å². The normalized spacial score (nSPS) is 15.0.